The summed E-state index contributed by atoms with van der Waals surface area (Å²) in [6.45, 7) is 0. The summed E-state index contributed by atoms with van der Waals surface area (Å²) in [7, 11) is 0. The van der Waals surface area contributed by atoms with E-state index in [9.17, 15) is 0 Å². The zero-order valence-corrected chi connectivity index (χ0v) is 12.8. The van der Waals surface area contributed by atoms with Gasteiger partial charge in [-0.15, -0.1) is 11.3 Å². The third-order valence-corrected chi connectivity index (χ3v) is 5.47. The average molecular weight is 344 g/mol. The lowest BCUT2D eigenvalue weighted by Crippen LogP contribution is -1.92. The molecule has 0 spiro atoms. The SMILES string of the molecule is Nc1nc(C2CC2)c(Cc2cccc(Cl)c2Br)s1. The molecule has 1 aromatic heterocycles. The first-order chi connectivity index (χ1) is 8.65. The summed E-state index contributed by atoms with van der Waals surface area (Å²) < 4.78 is 0.973. The fourth-order valence-electron chi connectivity index (χ4n) is 2.04. The van der Waals surface area contributed by atoms with Gasteiger partial charge in [-0.05, 0) is 40.4 Å². The van der Waals surface area contributed by atoms with E-state index < -0.39 is 0 Å². The van der Waals surface area contributed by atoms with Crippen LogP contribution in [0.3, 0.4) is 0 Å². The normalized spacial score (nSPS) is 15.0. The number of benzene rings is 1. The number of anilines is 1. The van der Waals surface area contributed by atoms with Crippen LogP contribution in [-0.2, 0) is 6.42 Å². The molecule has 1 aliphatic rings. The summed E-state index contributed by atoms with van der Waals surface area (Å²) in [6, 6.07) is 5.95. The standard InChI is InChI=1S/C13H12BrClN2S/c14-11-8(2-1-3-9(11)15)6-10-12(7-4-5-7)17-13(16)18-10/h1-3,7H,4-6H2,(H2,16,17). The molecule has 18 heavy (non-hydrogen) atoms. The molecule has 0 aliphatic heterocycles. The van der Waals surface area contributed by atoms with Crippen LogP contribution in [0, 0.1) is 0 Å². The first-order valence-electron chi connectivity index (χ1n) is 5.83. The second-order valence-corrected chi connectivity index (χ2v) is 6.84. The molecule has 0 bridgehead atoms. The second kappa shape index (κ2) is 4.83. The van der Waals surface area contributed by atoms with Gasteiger partial charge in [0.15, 0.2) is 5.13 Å². The molecular formula is C13H12BrClN2S. The minimum absolute atomic E-state index is 0.631. The summed E-state index contributed by atoms with van der Waals surface area (Å²) in [6.07, 6.45) is 3.33. The van der Waals surface area contributed by atoms with Crippen molar-refractivity contribution in [1.29, 1.82) is 0 Å². The molecule has 94 valence electrons. The number of nitrogen functional groups attached to an aromatic ring is 1. The minimum Gasteiger partial charge on any atom is -0.375 e. The molecule has 0 atom stereocenters. The molecule has 1 fully saturated rings. The highest BCUT2D eigenvalue weighted by molar-refractivity contribution is 9.10. The Balaban J connectivity index is 1.94. The molecule has 2 nitrogen and oxygen atoms in total. The maximum atomic E-state index is 6.12. The van der Waals surface area contributed by atoms with Crippen molar-refractivity contribution in [1.82, 2.24) is 4.98 Å². The predicted octanol–water partition coefficient (Wildman–Crippen LogP) is 4.61. The predicted molar refractivity (Wildman–Crippen MR) is 80.5 cm³/mol. The van der Waals surface area contributed by atoms with E-state index in [-0.39, 0.29) is 0 Å². The Hall–Kier alpha value is -0.580. The number of nitrogens with zero attached hydrogens (tertiary/aromatic N) is 1. The quantitative estimate of drug-likeness (QED) is 0.884. The van der Waals surface area contributed by atoms with Crippen molar-refractivity contribution in [2.75, 3.05) is 5.73 Å². The van der Waals surface area contributed by atoms with Gasteiger partial charge in [0.25, 0.3) is 0 Å². The van der Waals surface area contributed by atoms with Crippen molar-refractivity contribution in [2.24, 2.45) is 0 Å². The third kappa shape index (κ3) is 2.42. The zero-order chi connectivity index (χ0) is 12.7. The molecule has 1 aliphatic carbocycles. The lowest BCUT2D eigenvalue weighted by molar-refractivity contribution is 1.01. The first kappa shape index (κ1) is 12.5. The van der Waals surface area contributed by atoms with Crippen molar-refractivity contribution >= 4 is 44.0 Å². The van der Waals surface area contributed by atoms with Crippen LogP contribution in [0.1, 0.15) is 34.9 Å². The first-order valence-corrected chi connectivity index (χ1v) is 7.82. The summed E-state index contributed by atoms with van der Waals surface area (Å²) in [5, 5.41) is 1.42. The second-order valence-electron chi connectivity index (χ2n) is 4.52. The van der Waals surface area contributed by atoms with Gasteiger partial charge in [0, 0.05) is 21.7 Å². The summed E-state index contributed by atoms with van der Waals surface area (Å²) in [5.74, 6) is 0.631. The Kier molecular flexibility index (Phi) is 3.34. The third-order valence-electron chi connectivity index (χ3n) is 3.09. The highest BCUT2D eigenvalue weighted by Crippen LogP contribution is 2.44. The average Bonchev–Trinajstić information content (AvgIpc) is 3.10. The van der Waals surface area contributed by atoms with Gasteiger partial charge in [0.05, 0.1) is 10.7 Å². The van der Waals surface area contributed by atoms with Crippen molar-refractivity contribution in [3.8, 4) is 0 Å². The van der Waals surface area contributed by atoms with E-state index in [2.05, 4.69) is 27.0 Å². The lowest BCUT2D eigenvalue weighted by Gasteiger charge is -2.05. The van der Waals surface area contributed by atoms with Crippen LogP contribution in [0.5, 0.6) is 0 Å². The Morgan fingerprint density at radius 2 is 2.22 bits per heavy atom. The maximum Gasteiger partial charge on any atom is 0.180 e. The Labute approximate surface area is 123 Å². The fraction of sp³-hybridized carbons (Fsp3) is 0.308. The number of hydrogen-bond acceptors (Lipinski definition) is 3. The van der Waals surface area contributed by atoms with Crippen LogP contribution < -0.4 is 5.73 Å². The lowest BCUT2D eigenvalue weighted by atomic mass is 10.1. The van der Waals surface area contributed by atoms with Gasteiger partial charge in [0.1, 0.15) is 0 Å². The molecule has 1 heterocycles. The Morgan fingerprint density at radius 1 is 1.44 bits per heavy atom. The fourth-order valence-corrected chi connectivity index (χ4v) is 3.58. The molecule has 1 saturated carbocycles. The van der Waals surface area contributed by atoms with Crippen molar-refractivity contribution in [3.63, 3.8) is 0 Å². The van der Waals surface area contributed by atoms with Gasteiger partial charge >= 0.3 is 0 Å². The maximum absolute atomic E-state index is 6.12. The molecule has 5 heteroatoms. The molecule has 2 aromatic rings. The summed E-state index contributed by atoms with van der Waals surface area (Å²) in [5.41, 5.74) is 8.22. The van der Waals surface area contributed by atoms with E-state index in [1.807, 2.05) is 12.1 Å². The number of halogens is 2. The Morgan fingerprint density at radius 3 is 2.94 bits per heavy atom. The zero-order valence-electron chi connectivity index (χ0n) is 9.62. The molecular weight excluding hydrogens is 332 g/mol. The van der Waals surface area contributed by atoms with Crippen LogP contribution in [0.2, 0.25) is 5.02 Å². The van der Waals surface area contributed by atoms with Crippen LogP contribution >= 0.6 is 38.9 Å². The highest BCUT2D eigenvalue weighted by Gasteiger charge is 2.29. The van der Waals surface area contributed by atoms with E-state index in [1.165, 1.54) is 29.0 Å². The molecule has 0 radical (unpaired) electrons. The smallest absolute Gasteiger partial charge is 0.180 e. The van der Waals surface area contributed by atoms with Gasteiger partial charge in [0.2, 0.25) is 0 Å². The van der Waals surface area contributed by atoms with Crippen LogP contribution in [-0.4, -0.2) is 4.98 Å². The molecule has 0 amide bonds. The number of hydrogen-bond donors (Lipinski definition) is 1. The van der Waals surface area contributed by atoms with Gasteiger partial charge in [-0.1, -0.05) is 23.7 Å². The van der Waals surface area contributed by atoms with Crippen molar-refractivity contribution in [3.05, 3.63) is 43.8 Å². The number of aromatic nitrogens is 1. The summed E-state index contributed by atoms with van der Waals surface area (Å²) in [4.78, 5) is 5.74. The van der Waals surface area contributed by atoms with E-state index >= 15 is 0 Å². The highest BCUT2D eigenvalue weighted by atomic mass is 79.9. The van der Waals surface area contributed by atoms with Crippen LogP contribution in [0.15, 0.2) is 22.7 Å². The van der Waals surface area contributed by atoms with E-state index in [1.54, 1.807) is 11.3 Å². The molecule has 0 saturated heterocycles. The number of nitrogens with two attached hydrogens (primary N) is 1. The molecule has 1 aromatic carbocycles. The van der Waals surface area contributed by atoms with E-state index in [0.29, 0.717) is 11.0 Å². The molecule has 0 unspecified atom stereocenters. The van der Waals surface area contributed by atoms with Crippen LogP contribution in [0.4, 0.5) is 5.13 Å². The van der Waals surface area contributed by atoms with Gasteiger partial charge in [-0.25, -0.2) is 4.98 Å². The van der Waals surface area contributed by atoms with Crippen molar-refractivity contribution < 1.29 is 0 Å². The number of rotatable bonds is 3. The monoisotopic (exact) mass is 342 g/mol. The van der Waals surface area contributed by atoms with Gasteiger partial charge in [-0.3, -0.25) is 0 Å². The van der Waals surface area contributed by atoms with E-state index in [0.717, 1.165) is 15.9 Å². The summed E-state index contributed by atoms with van der Waals surface area (Å²) >= 11 is 11.3. The largest absolute Gasteiger partial charge is 0.375 e. The van der Waals surface area contributed by atoms with Crippen LogP contribution in [0.25, 0.3) is 0 Å². The Bertz CT molecular complexity index is 593. The van der Waals surface area contributed by atoms with Gasteiger partial charge < -0.3 is 5.73 Å². The van der Waals surface area contributed by atoms with E-state index in [4.69, 9.17) is 17.3 Å². The number of thiazole rings is 1. The van der Waals surface area contributed by atoms with Gasteiger partial charge in [-0.2, -0.15) is 0 Å². The molecule has 3 rings (SSSR count). The van der Waals surface area contributed by atoms with Crippen molar-refractivity contribution in [2.45, 2.75) is 25.2 Å². The molecule has 2 N–H and O–H groups in total. The minimum atomic E-state index is 0.631. The topological polar surface area (TPSA) is 38.9 Å².